The molecule has 0 bridgehead atoms. The number of nitrogens with zero attached hydrogens (tertiary/aromatic N) is 1. The fraction of sp³-hybridized carbons (Fsp3) is 0.500. The van der Waals surface area contributed by atoms with E-state index in [4.69, 9.17) is 4.42 Å². The van der Waals surface area contributed by atoms with Gasteiger partial charge in [0.05, 0.1) is 25.2 Å². The van der Waals surface area contributed by atoms with Gasteiger partial charge in [0.25, 0.3) is 5.91 Å². The second-order valence-electron chi connectivity index (χ2n) is 4.61. The summed E-state index contributed by atoms with van der Waals surface area (Å²) in [6.07, 6.45) is 0.615. The van der Waals surface area contributed by atoms with Crippen molar-refractivity contribution in [2.75, 3.05) is 19.6 Å². The van der Waals surface area contributed by atoms with Crippen LogP contribution in [0.1, 0.15) is 23.9 Å². The molecule has 104 valence electrons. The summed E-state index contributed by atoms with van der Waals surface area (Å²) in [5.74, 6) is -0.504. The molecule has 1 fully saturated rings. The van der Waals surface area contributed by atoms with Crippen LogP contribution in [-0.4, -0.2) is 47.1 Å². The zero-order valence-electron chi connectivity index (χ0n) is 10.5. The van der Waals surface area contributed by atoms with E-state index < -0.39 is 11.5 Å². The number of hydrogen-bond donors (Lipinski definition) is 2. The van der Waals surface area contributed by atoms with Crippen molar-refractivity contribution in [3.63, 3.8) is 0 Å². The summed E-state index contributed by atoms with van der Waals surface area (Å²) < 4.78 is 5.53. The Kier molecular flexibility index (Phi) is 3.96. The zero-order chi connectivity index (χ0) is 14.0. The molecule has 0 aromatic carbocycles. The second kappa shape index (κ2) is 5.34. The van der Waals surface area contributed by atoms with Gasteiger partial charge in [0.15, 0.2) is 10.4 Å². The third-order valence-corrected chi connectivity index (χ3v) is 3.60. The number of nitrogens with one attached hydrogen (secondary N) is 1. The normalized spacial score (nSPS) is 16.9. The molecule has 19 heavy (non-hydrogen) atoms. The number of rotatable bonds is 4. The fourth-order valence-corrected chi connectivity index (χ4v) is 2.16. The summed E-state index contributed by atoms with van der Waals surface area (Å²) in [6, 6.07) is 3.12. The summed E-state index contributed by atoms with van der Waals surface area (Å²) in [5, 5.41) is 12.3. The number of furan rings is 1. The molecule has 0 saturated carbocycles. The first kappa shape index (κ1) is 14.1. The Morgan fingerprint density at radius 1 is 1.53 bits per heavy atom. The van der Waals surface area contributed by atoms with E-state index in [1.165, 1.54) is 11.0 Å². The monoisotopic (exact) mass is 330 g/mol. The number of aliphatic hydroxyl groups is 1. The molecule has 7 heteroatoms. The van der Waals surface area contributed by atoms with E-state index in [-0.39, 0.29) is 18.2 Å². The van der Waals surface area contributed by atoms with E-state index in [9.17, 15) is 14.7 Å². The van der Waals surface area contributed by atoms with E-state index in [1.807, 2.05) is 6.92 Å². The average molecular weight is 331 g/mol. The SMILES string of the molecule is CCC1(O)CN(C(=O)CNC(=O)c2ccc(Br)o2)C1. The van der Waals surface area contributed by atoms with E-state index in [0.717, 1.165) is 0 Å². The van der Waals surface area contributed by atoms with E-state index >= 15 is 0 Å². The molecule has 0 unspecified atom stereocenters. The number of likely N-dealkylation sites (tertiary alicyclic amines) is 1. The molecule has 6 nitrogen and oxygen atoms in total. The van der Waals surface area contributed by atoms with Gasteiger partial charge in [-0.05, 0) is 34.5 Å². The molecule has 1 aliphatic heterocycles. The Morgan fingerprint density at radius 3 is 2.74 bits per heavy atom. The predicted molar refractivity (Wildman–Crippen MR) is 70.6 cm³/mol. The van der Waals surface area contributed by atoms with Crippen molar-refractivity contribution < 1.29 is 19.1 Å². The molecule has 2 rings (SSSR count). The maximum atomic E-state index is 11.7. The lowest BCUT2D eigenvalue weighted by atomic mass is 9.91. The number of carbonyl (C=O) groups excluding carboxylic acids is 2. The van der Waals surface area contributed by atoms with E-state index in [1.54, 1.807) is 6.07 Å². The Balaban J connectivity index is 1.77. The molecule has 2 N–H and O–H groups in total. The van der Waals surface area contributed by atoms with Crippen LogP contribution in [0.4, 0.5) is 0 Å². The quantitative estimate of drug-likeness (QED) is 0.853. The van der Waals surface area contributed by atoms with Gasteiger partial charge in [-0.1, -0.05) is 6.92 Å². The minimum Gasteiger partial charge on any atom is -0.444 e. The van der Waals surface area contributed by atoms with Crippen molar-refractivity contribution in [3.8, 4) is 0 Å². The van der Waals surface area contributed by atoms with Gasteiger partial charge in [0.2, 0.25) is 5.91 Å². The molecule has 0 radical (unpaired) electrons. The summed E-state index contributed by atoms with van der Waals surface area (Å²) in [5.41, 5.74) is -0.758. The lowest BCUT2D eigenvalue weighted by Crippen LogP contribution is -2.64. The van der Waals surface area contributed by atoms with Crippen LogP contribution in [0.2, 0.25) is 0 Å². The number of hydrogen-bond acceptors (Lipinski definition) is 4. The van der Waals surface area contributed by atoms with Gasteiger partial charge in [-0.15, -0.1) is 0 Å². The first-order chi connectivity index (χ1) is 8.93. The Bertz CT molecular complexity index is 494. The second-order valence-corrected chi connectivity index (χ2v) is 5.40. The van der Waals surface area contributed by atoms with Gasteiger partial charge >= 0.3 is 0 Å². The third kappa shape index (κ3) is 3.16. The van der Waals surface area contributed by atoms with Crippen LogP contribution in [0.25, 0.3) is 0 Å². The van der Waals surface area contributed by atoms with Crippen molar-refractivity contribution in [1.82, 2.24) is 10.2 Å². The first-order valence-electron chi connectivity index (χ1n) is 5.97. The molecule has 2 heterocycles. The number of β-amino-alcohol motifs (C(OH)–C–C–N with tert-alkyl or cyclic N) is 1. The van der Waals surface area contributed by atoms with Gasteiger partial charge in [-0.2, -0.15) is 0 Å². The zero-order valence-corrected chi connectivity index (χ0v) is 12.1. The smallest absolute Gasteiger partial charge is 0.287 e. The minimum atomic E-state index is -0.758. The Morgan fingerprint density at radius 2 is 2.21 bits per heavy atom. The largest absolute Gasteiger partial charge is 0.444 e. The van der Waals surface area contributed by atoms with Crippen molar-refractivity contribution in [2.24, 2.45) is 0 Å². The minimum absolute atomic E-state index is 0.100. The molecule has 1 saturated heterocycles. The van der Waals surface area contributed by atoms with Gasteiger partial charge in [0, 0.05) is 0 Å². The molecule has 0 atom stereocenters. The van der Waals surface area contributed by atoms with Crippen LogP contribution >= 0.6 is 15.9 Å². The highest BCUT2D eigenvalue weighted by molar-refractivity contribution is 9.10. The fourth-order valence-electron chi connectivity index (χ4n) is 1.86. The molecule has 1 aromatic rings. The molecular weight excluding hydrogens is 316 g/mol. The Labute approximate surface area is 118 Å². The van der Waals surface area contributed by atoms with Gasteiger partial charge in [-0.3, -0.25) is 9.59 Å². The predicted octanol–water partition coefficient (Wildman–Crippen LogP) is 0.755. The lowest BCUT2D eigenvalue weighted by Gasteiger charge is -2.46. The first-order valence-corrected chi connectivity index (χ1v) is 6.76. The van der Waals surface area contributed by atoms with Gasteiger partial charge in [0.1, 0.15) is 0 Å². The van der Waals surface area contributed by atoms with E-state index in [0.29, 0.717) is 24.2 Å². The van der Waals surface area contributed by atoms with Crippen molar-refractivity contribution >= 4 is 27.7 Å². The summed E-state index contributed by atoms with van der Waals surface area (Å²) in [7, 11) is 0. The van der Waals surface area contributed by atoms with E-state index in [2.05, 4.69) is 21.2 Å². The highest BCUT2D eigenvalue weighted by Gasteiger charge is 2.41. The van der Waals surface area contributed by atoms with Gasteiger partial charge < -0.3 is 19.7 Å². The highest BCUT2D eigenvalue weighted by atomic mass is 79.9. The number of amides is 2. The molecule has 0 spiro atoms. The molecular formula is C12H15BrN2O4. The maximum Gasteiger partial charge on any atom is 0.287 e. The maximum absolute atomic E-state index is 11.7. The molecule has 0 aliphatic carbocycles. The van der Waals surface area contributed by atoms with Crippen LogP contribution < -0.4 is 5.32 Å². The van der Waals surface area contributed by atoms with Crippen LogP contribution in [-0.2, 0) is 4.79 Å². The summed E-state index contributed by atoms with van der Waals surface area (Å²) in [6.45, 7) is 2.42. The lowest BCUT2D eigenvalue weighted by molar-refractivity contribution is -0.154. The average Bonchev–Trinajstić information content (AvgIpc) is 2.78. The summed E-state index contributed by atoms with van der Waals surface area (Å²) >= 11 is 3.09. The van der Waals surface area contributed by atoms with Crippen LogP contribution in [0.5, 0.6) is 0 Å². The van der Waals surface area contributed by atoms with Crippen molar-refractivity contribution in [3.05, 3.63) is 22.6 Å². The van der Waals surface area contributed by atoms with Crippen molar-refractivity contribution in [2.45, 2.75) is 18.9 Å². The van der Waals surface area contributed by atoms with Gasteiger partial charge in [-0.25, -0.2) is 0 Å². The topological polar surface area (TPSA) is 82.8 Å². The van der Waals surface area contributed by atoms with Crippen LogP contribution in [0.3, 0.4) is 0 Å². The standard InChI is InChI=1S/C12H15BrN2O4/c1-2-12(18)6-15(7-12)10(16)5-14-11(17)8-3-4-9(13)19-8/h3-4,18H,2,5-7H2,1H3,(H,14,17). The summed E-state index contributed by atoms with van der Waals surface area (Å²) in [4.78, 5) is 24.9. The van der Waals surface area contributed by atoms with Crippen LogP contribution in [0.15, 0.2) is 21.2 Å². The Hall–Kier alpha value is -1.34. The highest BCUT2D eigenvalue weighted by Crippen LogP contribution is 2.23. The van der Waals surface area contributed by atoms with Crippen molar-refractivity contribution in [1.29, 1.82) is 0 Å². The molecule has 2 amide bonds. The number of halogens is 1. The molecule has 1 aliphatic rings. The number of carbonyl (C=O) groups is 2. The molecule has 1 aromatic heterocycles. The van der Waals surface area contributed by atoms with Crippen LogP contribution in [0, 0.1) is 0 Å². The third-order valence-electron chi connectivity index (χ3n) is 3.18.